The van der Waals surface area contributed by atoms with E-state index in [1.165, 1.54) is 12.1 Å². The van der Waals surface area contributed by atoms with E-state index in [1.54, 1.807) is 12.1 Å². The van der Waals surface area contributed by atoms with Gasteiger partial charge in [-0.3, -0.25) is 4.90 Å². The second-order valence-electron chi connectivity index (χ2n) is 6.58. The van der Waals surface area contributed by atoms with Gasteiger partial charge in [0.2, 0.25) is 0 Å². The molecular weight excluding hydrogens is 258 g/mol. The Balaban J connectivity index is 2.30. The lowest BCUT2D eigenvalue weighted by atomic mass is 9.86. The van der Waals surface area contributed by atoms with Crippen molar-refractivity contribution in [2.75, 3.05) is 6.54 Å². The van der Waals surface area contributed by atoms with Gasteiger partial charge in [-0.15, -0.1) is 0 Å². The van der Waals surface area contributed by atoms with Crippen LogP contribution in [-0.4, -0.2) is 23.0 Å². The molecule has 0 bridgehead atoms. The number of nitrogens with zero attached hydrogens (tertiary/aromatic N) is 1. The lowest BCUT2D eigenvalue weighted by Crippen LogP contribution is -2.53. The number of piperidine rings is 1. The zero-order valence-corrected chi connectivity index (χ0v) is 12.4. The molecule has 1 heterocycles. The summed E-state index contributed by atoms with van der Waals surface area (Å²) < 4.78 is 25.3. The number of benzene rings is 1. The molecule has 2 unspecified atom stereocenters. The average molecular weight is 282 g/mol. The minimum absolute atomic E-state index is 0.0179. The lowest BCUT2D eigenvalue weighted by Gasteiger charge is -2.47. The molecule has 2 nitrogen and oxygen atoms in total. The average Bonchev–Trinajstić information content (AvgIpc) is 2.37. The molecule has 1 aromatic carbocycles. The summed E-state index contributed by atoms with van der Waals surface area (Å²) in [7, 11) is 0. The lowest BCUT2D eigenvalue weighted by molar-refractivity contribution is 0.0384. The fraction of sp³-hybridized carbons (Fsp3) is 0.625. The first-order valence-electron chi connectivity index (χ1n) is 7.21. The van der Waals surface area contributed by atoms with Crippen LogP contribution in [0.2, 0.25) is 0 Å². The van der Waals surface area contributed by atoms with Crippen molar-refractivity contribution in [1.29, 1.82) is 0 Å². The highest BCUT2D eigenvalue weighted by Gasteiger charge is 2.36. The number of nitrogens with two attached hydrogens (primary N) is 1. The van der Waals surface area contributed by atoms with Gasteiger partial charge in [-0.2, -0.15) is 0 Å². The number of likely N-dealkylation sites (tertiary alicyclic amines) is 1. The van der Waals surface area contributed by atoms with Crippen LogP contribution in [-0.2, 0) is 0 Å². The van der Waals surface area contributed by atoms with E-state index in [0.29, 0.717) is 0 Å². The van der Waals surface area contributed by atoms with Crippen molar-refractivity contribution < 1.29 is 8.78 Å². The Kier molecular flexibility index (Phi) is 4.45. The van der Waals surface area contributed by atoms with Gasteiger partial charge in [0, 0.05) is 17.1 Å². The van der Waals surface area contributed by atoms with Crippen LogP contribution in [0, 0.1) is 0 Å². The summed E-state index contributed by atoms with van der Waals surface area (Å²) >= 11 is 0. The number of rotatable bonds is 2. The molecule has 4 heteroatoms. The Morgan fingerprint density at radius 2 is 1.80 bits per heavy atom. The normalized spacial score (nSPS) is 25.1. The van der Waals surface area contributed by atoms with Crippen LogP contribution in [0.3, 0.4) is 0 Å². The summed E-state index contributed by atoms with van der Waals surface area (Å²) in [4.78, 5) is 2.39. The highest BCUT2D eigenvalue weighted by atomic mass is 19.3. The van der Waals surface area contributed by atoms with E-state index in [0.717, 1.165) is 24.9 Å². The molecule has 1 saturated heterocycles. The van der Waals surface area contributed by atoms with E-state index in [4.69, 9.17) is 5.73 Å². The minimum atomic E-state index is -2.41. The van der Waals surface area contributed by atoms with Crippen molar-refractivity contribution in [1.82, 2.24) is 4.90 Å². The smallest absolute Gasteiger partial charge is 0.263 e. The van der Waals surface area contributed by atoms with Crippen molar-refractivity contribution in [2.45, 2.75) is 57.7 Å². The summed E-state index contributed by atoms with van der Waals surface area (Å²) in [5.74, 6) is 0. The van der Waals surface area contributed by atoms with E-state index in [1.807, 2.05) is 0 Å². The maximum Gasteiger partial charge on any atom is 0.263 e. The molecular formula is C16H24F2N2. The molecule has 0 radical (unpaired) electrons. The molecule has 1 aliphatic rings. The number of halogens is 2. The van der Waals surface area contributed by atoms with Gasteiger partial charge in [-0.05, 0) is 45.7 Å². The van der Waals surface area contributed by atoms with Crippen LogP contribution in [0.4, 0.5) is 8.78 Å². The van der Waals surface area contributed by atoms with E-state index in [-0.39, 0.29) is 23.2 Å². The topological polar surface area (TPSA) is 29.3 Å². The zero-order chi connectivity index (χ0) is 14.9. The molecule has 2 atom stereocenters. The Morgan fingerprint density at radius 1 is 1.20 bits per heavy atom. The van der Waals surface area contributed by atoms with Crippen LogP contribution in [0.1, 0.15) is 57.2 Å². The molecule has 20 heavy (non-hydrogen) atoms. The molecule has 0 aromatic heterocycles. The van der Waals surface area contributed by atoms with Crippen molar-refractivity contribution in [3.05, 3.63) is 35.4 Å². The largest absolute Gasteiger partial charge is 0.326 e. The number of hydrogen-bond acceptors (Lipinski definition) is 2. The molecule has 0 amide bonds. The monoisotopic (exact) mass is 282 g/mol. The van der Waals surface area contributed by atoms with Crippen molar-refractivity contribution in [3.8, 4) is 0 Å². The Hall–Kier alpha value is -1.00. The second kappa shape index (κ2) is 5.78. The standard InChI is InChI=1S/C16H24F2N2/c1-16(2,3)20-10-4-5-13(19)14(20)11-6-8-12(9-7-11)15(17)18/h6-9,13-15H,4-5,10,19H2,1-3H3. The molecule has 1 aromatic rings. The first-order valence-corrected chi connectivity index (χ1v) is 7.21. The highest BCUT2D eigenvalue weighted by Crippen LogP contribution is 2.36. The van der Waals surface area contributed by atoms with E-state index in [9.17, 15) is 8.78 Å². The third-order valence-electron chi connectivity index (χ3n) is 4.07. The summed E-state index contributed by atoms with van der Waals surface area (Å²) in [5.41, 5.74) is 7.43. The van der Waals surface area contributed by atoms with Crippen LogP contribution in [0.25, 0.3) is 0 Å². The minimum Gasteiger partial charge on any atom is -0.326 e. The first kappa shape index (κ1) is 15.4. The van der Waals surface area contributed by atoms with Crippen molar-refractivity contribution >= 4 is 0 Å². The summed E-state index contributed by atoms with van der Waals surface area (Å²) in [5, 5.41) is 0. The Morgan fingerprint density at radius 3 is 2.30 bits per heavy atom. The summed E-state index contributed by atoms with van der Waals surface area (Å²) in [6.07, 6.45) is -0.347. The molecule has 2 N–H and O–H groups in total. The predicted molar refractivity (Wildman–Crippen MR) is 77.8 cm³/mol. The van der Waals surface area contributed by atoms with Crippen LogP contribution in [0.15, 0.2) is 24.3 Å². The zero-order valence-electron chi connectivity index (χ0n) is 12.4. The van der Waals surface area contributed by atoms with Crippen molar-refractivity contribution in [2.24, 2.45) is 5.73 Å². The second-order valence-corrected chi connectivity index (χ2v) is 6.58. The van der Waals surface area contributed by atoms with Crippen LogP contribution >= 0.6 is 0 Å². The summed E-state index contributed by atoms with van der Waals surface area (Å²) in [6.45, 7) is 7.52. The van der Waals surface area contributed by atoms with Crippen LogP contribution in [0.5, 0.6) is 0 Å². The number of alkyl halides is 2. The van der Waals surface area contributed by atoms with Gasteiger partial charge in [0.15, 0.2) is 0 Å². The molecule has 0 saturated carbocycles. The van der Waals surface area contributed by atoms with E-state index >= 15 is 0 Å². The maximum absolute atomic E-state index is 12.6. The highest BCUT2D eigenvalue weighted by molar-refractivity contribution is 5.27. The third-order valence-corrected chi connectivity index (χ3v) is 4.07. The third kappa shape index (κ3) is 3.18. The Bertz CT molecular complexity index is 437. The van der Waals surface area contributed by atoms with Gasteiger partial charge >= 0.3 is 0 Å². The van der Waals surface area contributed by atoms with E-state index in [2.05, 4.69) is 25.7 Å². The quantitative estimate of drug-likeness (QED) is 0.891. The fourth-order valence-corrected chi connectivity index (χ4v) is 3.04. The van der Waals surface area contributed by atoms with E-state index < -0.39 is 6.43 Å². The van der Waals surface area contributed by atoms with Gasteiger partial charge in [-0.1, -0.05) is 24.3 Å². The summed E-state index contributed by atoms with van der Waals surface area (Å²) in [6, 6.07) is 6.80. The van der Waals surface area contributed by atoms with Crippen LogP contribution < -0.4 is 5.73 Å². The molecule has 1 aliphatic heterocycles. The maximum atomic E-state index is 12.6. The molecule has 0 spiro atoms. The SMILES string of the molecule is CC(C)(C)N1CCCC(N)C1c1ccc(C(F)F)cc1. The van der Waals surface area contributed by atoms with Gasteiger partial charge in [-0.25, -0.2) is 8.78 Å². The molecule has 112 valence electrons. The van der Waals surface area contributed by atoms with Gasteiger partial charge in [0.25, 0.3) is 6.43 Å². The van der Waals surface area contributed by atoms with Crippen molar-refractivity contribution in [3.63, 3.8) is 0 Å². The molecule has 2 rings (SSSR count). The predicted octanol–water partition coefficient (Wildman–Crippen LogP) is 3.89. The first-order chi connectivity index (χ1) is 9.30. The van der Waals surface area contributed by atoms with Gasteiger partial charge < -0.3 is 5.73 Å². The number of hydrogen-bond donors (Lipinski definition) is 1. The van der Waals surface area contributed by atoms with Gasteiger partial charge in [0.05, 0.1) is 6.04 Å². The fourth-order valence-electron chi connectivity index (χ4n) is 3.04. The van der Waals surface area contributed by atoms with Gasteiger partial charge in [0.1, 0.15) is 0 Å². The molecule has 1 fully saturated rings. The molecule has 0 aliphatic carbocycles. The Labute approximate surface area is 120 Å².